The first-order valence-corrected chi connectivity index (χ1v) is 11.0. The fraction of sp³-hybridized carbons (Fsp3) is 0.458. The highest BCUT2D eigenvalue weighted by Gasteiger charge is 2.30. The summed E-state index contributed by atoms with van der Waals surface area (Å²) in [4.78, 5) is 4.84. The second-order valence-electron chi connectivity index (χ2n) is 7.47. The number of ether oxygens (including phenoxy) is 1. The lowest BCUT2D eigenvalue weighted by Gasteiger charge is -2.30. The number of nitrogens with zero attached hydrogens (tertiary/aromatic N) is 1. The number of rotatable bonds is 5. The Hall–Kier alpha value is -2.00. The SMILES string of the molecule is CCC1=C(CC)c2cc(Cl)cc3c(CC)c(CC)c(C4=NCCCN4)c(c23)O1. The summed E-state index contributed by atoms with van der Waals surface area (Å²) in [5, 5.41) is 6.78. The van der Waals surface area contributed by atoms with Crippen LogP contribution in [0.4, 0.5) is 0 Å². The van der Waals surface area contributed by atoms with Crippen LogP contribution in [0.1, 0.15) is 69.2 Å². The lowest BCUT2D eigenvalue weighted by Crippen LogP contribution is -2.32. The molecule has 2 aromatic rings. The maximum Gasteiger partial charge on any atom is 0.146 e. The molecule has 0 aliphatic carbocycles. The standard InChI is InChI=1S/C24H29ClN2O/c1-5-15-17(7-3)22(24-26-10-9-11-27-24)23-21-18(15)12-14(25)13-19(21)16(6-2)20(8-4)28-23/h12-13H,5-11H2,1-4H3,(H,26,27). The van der Waals surface area contributed by atoms with Gasteiger partial charge in [0.15, 0.2) is 0 Å². The molecule has 2 aliphatic rings. The molecule has 0 radical (unpaired) electrons. The van der Waals surface area contributed by atoms with Gasteiger partial charge in [0.2, 0.25) is 0 Å². The third-order valence-corrected chi connectivity index (χ3v) is 6.17. The van der Waals surface area contributed by atoms with Gasteiger partial charge in [-0.25, -0.2) is 0 Å². The molecule has 1 N–H and O–H groups in total. The Labute approximate surface area is 172 Å². The van der Waals surface area contributed by atoms with Gasteiger partial charge in [0, 0.05) is 29.9 Å². The maximum absolute atomic E-state index is 6.64. The first-order valence-electron chi connectivity index (χ1n) is 10.6. The van der Waals surface area contributed by atoms with Gasteiger partial charge in [0.25, 0.3) is 0 Å². The Bertz CT molecular complexity index is 1000. The Balaban J connectivity index is 2.17. The lowest BCUT2D eigenvalue weighted by molar-refractivity contribution is 0.410. The van der Waals surface area contributed by atoms with E-state index in [1.54, 1.807) is 0 Å². The van der Waals surface area contributed by atoms with Crippen molar-refractivity contribution in [2.45, 2.75) is 59.8 Å². The van der Waals surface area contributed by atoms with Crippen molar-refractivity contribution in [3.63, 3.8) is 0 Å². The topological polar surface area (TPSA) is 33.6 Å². The molecule has 2 aromatic carbocycles. The van der Waals surface area contributed by atoms with E-state index in [1.165, 1.54) is 33.0 Å². The van der Waals surface area contributed by atoms with Crippen LogP contribution in [0.3, 0.4) is 0 Å². The van der Waals surface area contributed by atoms with Gasteiger partial charge in [-0.2, -0.15) is 0 Å². The fourth-order valence-electron chi connectivity index (χ4n) is 4.76. The molecule has 0 atom stereocenters. The van der Waals surface area contributed by atoms with Crippen molar-refractivity contribution in [2.75, 3.05) is 13.1 Å². The first-order chi connectivity index (χ1) is 13.6. The average molecular weight is 397 g/mol. The van der Waals surface area contributed by atoms with Crippen molar-refractivity contribution in [3.8, 4) is 5.75 Å². The Kier molecular flexibility index (Phi) is 5.37. The van der Waals surface area contributed by atoms with E-state index < -0.39 is 0 Å². The van der Waals surface area contributed by atoms with Crippen molar-refractivity contribution in [3.05, 3.63) is 45.2 Å². The maximum atomic E-state index is 6.64. The zero-order valence-electron chi connectivity index (χ0n) is 17.3. The smallest absolute Gasteiger partial charge is 0.146 e. The van der Waals surface area contributed by atoms with Gasteiger partial charge >= 0.3 is 0 Å². The molecule has 148 valence electrons. The molecule has 4 heteroatoms. The molecule has 4 rings (SSSR count). The molecule has 2 heterocycles. The summed E-state index contributed by atoms with van der Waals surface area (Å²) in [5.41, 5.74) is 6.38. The molecule has 3 nitrogen and oxygen atoms in total. The van der Waals surface area contributed by atoms with E-state index in [4.69, 9.17) is 21.3 Å². The van der Waals surface area contributed by atoms with Crippen LogP contribution in [0.2, 0.25) is 5.02 Å². The molecule has 0 fully saturated rings. The van der Waals surface area contributed by atoms with Crippen LogP contribution in [0, 0.1) is 0 Å². The van der Waals surface area contributed by atoms with Crippen molar-refractivity contribution < 1.29 is 4.74 Å². The van der Waals surface area contributed by atoms with Gasteiger partial charge in [-0.1, -0.05) is 39.3 Å². The van der Waals surface area contributed by atoms with Gasteiger partial charge < -0.3 is 10.1 Å². The van der Waals surface area contributed by atoms with Gasteiger partial charge in [0.05, 0.1) is 5.56 Å². The Morgan fingerprint density at radius 1 is 1.04 bits per heavy atom. The van der Waals surface area contributed by atoms with Crippen LogP contribution >= 0.6 is 11.6 Å². The quantitative estimate of drug-likeness (QED) is 0.645. The number of allylic oxidation sites excluding steroid dienone is 2. The molecule has 0 bridgehead atoms. The Morgan fingerprint density at radius 2 is 1.82 bits per heavy atom. The van der Waals surface area contributed by atoms with Gasteiger partial charge in [-0.3, -0.25) is 4.99 Å². The fourth-order valence-corrected chi connectivity index (χ4v) is 4.98. The summed E-state index contributed by atoms with van der Waals surface area (Å²) in [6.45, 7) is 10.6. The number of aryl methyl sites for hydroxylation is 1. The van der Waals surface area contributed by atoms with E-state index in [1.807, 2.05) is 0 Å². The second-order valence-corrected chi connectivity index (χ2v) is 7.90. The zero-order valence-corrected chi connectivity index (χ0v) is 18.1. The van der Waals surface area contributed by atoms with Crippen molar-refractivity contribution in [1.82, 2.24) is 5.32 Å². The first kappa shape index (κ1) is 19.3. The lowest BCUT2D eigenvalue weighted by atomic mass is 9.84. The predicted octanol–water partition coefficient (Wildman–Crippen LogP) is 6.28. The van der Waals surface area contributed by atoms with E-state index >= 15 is 0 Å². The molecule has 2 aliphatic heterocycles. The number of benzene rings is 2. The van der Waals surface area contributed by atoms with E-state index in [0.29, 0.717) is 0 Å². The van der Waals surface area contributed by atoms with E-state index in [2.05, 4.69) is 45.1 Å². The summed E-state index contributed by atoms with van der Waals surface area (Å²) in [6.07, 6.45) is 4.79. The van der Waals surface area contributed by atoms with Crippen LogP contribution in [0.25, 0.3) is 16.3 Å². The predicted molar refractivity (Wildman–Crippen MR) is 120 cm³/mol. The molecule has 0 saturated heterocycles. The molecular weight excluding hydrogens is 368 g/mol. The van der Waals surface area contributed by atoms with Gasteiger partial charge in [-0.15, -0.1) is 0 Å². The molecule has 0 amide bonds. The number of nitrogens with one attached hydrogen (secondary N) is 1. The Morgan fingerprint density at radius 3 is 2.43 bits per heavy atom. The minimum Gasteiger partial charge on any atom is -0.460 e. The van der Waals surface area contributed by atoms with Crippen LogP contribution in [0.5, 0.6) is 5.75 Å². The van der Waals surface area contributed by atoms with Crippen molar-refractivity contribution >= 4 is 33.8 Å². The van der Waals surface area contributed by atoms with Crippen LogP contribution in [-0.2, 0) is 12.8 Å². The van der Waals surface area contributed by atoms with E-state index in [9.17, 15) is 0 Å². The normalized spacial score (nSPS) is 16.1. The minimum atomic E-state index is 0.800. The van der Waals surface area contributed by atoms with E-state index in [0.717, 1.165) is 73.1 Å². The summed E-state index contributed by atoms with van der Waals surface area (Å²) >= 11 is 6.61. The number of hydrogen-bond donors (Lipinski definition) is 1. The van der Waals surface area contributed by atoms with Gasteiger partial charge in [0.1, 0.15) is 17.3 Å². The van der Waals surface area contributed by atoms with Crippen molar-refractivity contribution in [1.29, 1.82) is 0 Å². The highest BCUT2D eigenvalue weighted by atomic mass is 35.5. The van der Waals surface area contributed by atoms with E-state index in [-0.39, 0.29) is 0 Å². The molecule has 0 saturated carbocycles. The molecular formula is C24H29ClN2O. The second kappa shape index (κ2) is 7.79. The number of halogens is 1. The largest absolute Gasteiger partial charge is 0.460 e. The van der Waals surface area contributed by atoms with Crippen LogP contribution in [-0.4, -0.2) is 18.9 Å². The highest BCUT2D eigenvalue weighted by molar-refractivity contribution is 6.32. The number of hydrogen-bond acceptors (Lipinski definition) is 3. The third-order valence-electron chi connectivity index (χ3n) is 5.95. The number of aliphatic imine (C=N–C) groups is 1. The van der Waals surface area contributed by atoms with Crippen LogP contribution in [0.15, 0.2) is 22.9 Å². The molecule has 0 aromatic heterocycles. The van der Waals surface area contributed by atoms with Crippen LogP contribution < -0.4 is 10.1 Å². The zero-order chi connectivity index (χ0) is 19.8. The summed E-state index contributed by atoms with van der Waals surface area (Å²) in [7, 11) is 0. The monoisotopic (exact) mass is 396 g/mol. The number of amidine groups is 1. The summed E-state index contributed by atoms with van der Waals surface area (Å²) in [6, 6.07) is 4.24. The average Bonchev–Trinajstić information content (AvgIpc) is 2.73. The molecule has 28 heavy (non-hydrogen) atoms. The van der Waals surface area contributed by atoms with Gasteiger partial charge in [-0.05, 0) is 65.5 Å². The molecule has 0 unspecified atom stereocenters. The third kappa shape index (κ3) is 2.91. The highest BCUT2D eigenvalue weighted by Crippen LogP contribution is 2.47. The summed E-state index contributed by atoms with van der Waals surface area (Å²) < 4.78 is 6.64. The molecule has 0 spiro atoms. The summed E-state index contributed by atoms with van der Waals surface area (Å²) in [5.74, 6) is 3.02. The van der Waals surface area contributed by atoms with Crippen molar-refractivity contribution in [2.24, 2.45) is 4.99 Å². The minimum absolute atomic E-state index is 0.800.